The van der Waals surface area contributed by atoms with E-state index in [2.05, 4.69) is 4.74 Å². The van der Waals surface area contributed by atoms with Crippen molar-refractivity contribution >= 4 is 29.1 Å². The minimum Gasteiger partial charge on any atom is -0.468 e. The molecule has 0 aliphatic carbocycles. The highest BCUT2D eigenvalue weighted by Gasteiger charge is 2.29. The third-order valence-corrected chi connectivity index (χ3v) is 3.87. The highest BCUT2D eigenvalue weighted by atomic mass is 32.2. The van der Waals surface area contributed by atoms with Crippen molar-refractivity contribution in [1.82, 2.24) is 0 Å². The van der Waals surface area contributed by atoms with Gasteiger partial charge in [0.05, 0.1) is 13.5 Å². The molecular weight excluding hydrogens is 273 g/mol. The van der Waals surface area contributed by atoms with Crippen molar-refractivity contribution in [3.63, 3.8) is 0 Å². The van der Waals surface area contributed by atoms with E-state index in [-0.39, 0.29) is 5.75 Å². The summed E-state index contributed by atoms with van der Waals surface area (Å²) in [4.78, 5) is 11.4. The molecule has 0 unspecified atom stereocenters. The highest BCUT2D eigenvalue weighted by molar-refractivity contribution is 8.00. The molecule has 2 nitrogen and oxygen atoms in total. The lowest BCUT2D eigenvalue weighted by Crippen LogP contribution is -2.13. The smallest absolute Gasteiger partial charge is 0.389 e. The molecule has 1 aromatic heterocycles. The van der Waals surface area contributed by atoms with Crippen molar-refractivity contribution in [2.45, 2.75) is 17.8 Å². The van der Waals surface area contributed by atoms with Gasteiger partial charge in [-0.05, 0) is 22.4 Å². The van der Waals surface area contributed by atoms with Gasteiger partial charge in [0.2, 0.25) is 0 Å². The SMILES string of the molecule is COC(=O)[C@@H](SCCC(F)(F)F)c1ccsc1. The van der Waals surface area contributed by atoms with Gasteiger partial charge in [-0.15, -0.1) is 11.8 Å². The number of alkyl halides is 3. The van der Waals surface area contributed by atoms with Gasteiger partial charge in [0.1, 0.15) is 5.25 Å². The molecular formula is C10H11F3O2S2. The minimum atomic E-state index is -4.19. The molecule has 1 aromatic rings. The van der Waals surface area contributed by atoms with E-state index in [0.29, 0.717) is 5.56 Å². The molecule has 1 atom stereocenters. The van der Waals surface area contributed by atoms with E-state index in [1.165, 1.54) is 18.4 Å². The molecule has 0 aliphatic rings. The standard InChI is InChI=1S/C10H11F3O2S2/c1-15-9(14)8(7-2-4-16-6-7)17-5-3-10(11,12)13/h2,4,6,8H,3,5H2,1H3/t8-/m0/s1. The monoisotopic (exact) mass is 284 g/mol. The number of thioether (sulfide) groups is 1. The van der Waals surface area contributed by atoms with Gasteiger partial charge in [-0.1, -0.05) is 0 Å². The number of carbonyl (C=O) groups is 1. The van der Waals surface area contributed by atoms with E-state index >= 15 is 0 Å². The summed E-state index contributed by atoms with van der Waals surface area (Å²) in [5.74, 6) is -0.672. The lowest BCUT2D eigenvalue weighted by molar-refractivity contribution is -0.140. The lowest BCUT2D eigenvalue weighted by atomic mass is 10.2. The average Bonchev–Trinajstić information content (AvgIpc) is 2.75. The summed E-state index contributed by atoms with van der Waals surface area (Å²) in [6, 6.07) is 1.72. The van der Waals surface area contributed by atoms with Crippen LogP contribution in [-0.2, 0) is 9.53 Å². The Hall–Kier alpha value is -0.690. The molecule has 0 fully saturated rings. The van der Waals surface area contributed by atoms with E-state index in [9.17, 15) is 18.0 Å². The number of thiophene rings is 1. The number of halogens is 3. The number of hydrogen-bond donors (Lipinski definition) is 0. The predicted molar refractivity (Wildman–Crippen MR) is 62.2 cm³/mol. The Morgan fingerprint density at radius 2 is 2.29 bits per heavy atom. The fourth-order valence-electron chi connectivity index (χ4n) is 1.12. The normalized spacial score (nSPS) is 13.4. The summed E-state index contributed by atoms with van der Waals surface area (Å²) in [5.41, 5.74) is 0.689. The van der Waals surface area contributed by atoms with Gasteiger partial charge < -0.3 is 4.74 Å². The van der Waals surface area contributed by atoms with Crippen LogP contribution in [0.5, 0.6) is 0 Å². The molecule has 0 saturated heterocycles. The van der Waals surface area contributed by atoms with Gasteiger partial charge in [-0.2, -0.15) is 24.5 Å². The van der Waals surface area contributed by atoms with Crippen LogP contribution in [0.25, 0.3) is 0 Å². The molecule has 1 rings (SSSR count). The molecule has 0 N–H and O–H groups in total. The maximum atomic E-state index is 12.0. The first-order valence-corrected chi connectivity index (χ1v) is 6.71. The van der Waals surface area contributed by atoms with Crippen LogP contribution in [0.3, 0.4) is 0 Å². The van der Waals surface area contributed by atoms with Crippen molar-refractivity contribution in [3.05, 3.63) is 22.4 Å². The van der Waals surface area contributed by atoms with Crippen LogP contribution in [-0.4, -0.2) is 25.0 Å². The quantitative estimate of drug-likeness (QED) is 0.772. The van der Waals surface area contributed by atoms with Crippen molar-refractivity contribution in [3.8, 4) is 0 Å². The molecule has 0 saturated carbocycles. The van der Waals surface area contributed by atoms with Crippen molar-refractivity contribution in [2.75, 3.05) is 12.9 Å². The fraction of sp³-hybridized carbons (Fsp3) is 0.500. The van der Waals surface area contributed by atoms with E-state index in [1.54, 1.807) is 16.8 Å². The number of carbonyl (C=O) groups excluding carboxylic acids is 1. The predicted octanol–water partition coefficient (Wildman–Crippen LogP) is 3.65. The Kier molecular flexibility index (Phi) is 5.32. The lowest BCUT2D eigenvalue weighted by Gasteiger charge is -2.13. The van der Waals surface area contributed by atoms with Crippen LogP contribution in [0.1, 0.15) is 17.2 Å². The third-order valence-electron chi connectivity index (χ3n) is 1.93. The maximum Gasteiger partial charge on any atom is 0.389 e. The molecule has 96 valence electrons. The molecule has 1 heterocycles. The summed E-state index contributed by atoms with van der Waals surface area (Å²) in [7, 11) is 1.23. The first-order valence-electron chi connectivity index (χ1n) is 4.72. The Morgan fingerprint density at radius 1 is 1.59 bits per heavy atom. The molecule has 0 amide bonds. The minimum absolute atomic E-state index is 0.154. The highest BCUT2D eigenvalue weighted by Crippen LogP contribution is 2.34. The van der Waals surface area contributed by atoms with E-state index in [1.807, 2.05) is 0 Å². The first-order chi connectivity index (χ1) is 7.94. The van der Waals surface area contributed by atoms with Gasteiger partial charge in [0, 0.05) is 5.75 Å². The second-order valence-corrected chi connectivity index (χ2v) is 5.19. The zero-order valence-electron chi connectivity index (χ0n) is 8.99. The topological polar surface area (TPSA) is 26.3 Å². The van der Waals surface area contributed by atoms with Gasteiger partial charge in [0.15, 0.2) is 0 Å². The van der Waals surface area contributed by atoms with Crippen LogP contribution < -0.4 is 0 Å². The summed E-state index contributed by atoms with van der Waals surface area (Å²) in [6.45, 7) is 0. The van der Waals surface area contributed by atoms with Gasteiger partial charge in [-0.3, -0.25) is 4.79 Å². The van der Waals surface area contributed by atoms with E-state index in [4.69, 9.17) is 0 Å². The molecule has 17 heavy (non-hydrogen) atoms. The number of ether oxygens (including phenoxy) is 1. The van der Waals surface area contributed by atoms with Crippen LogP contribution in [0.2, 0.25) is 0 Å². The molecule has 0 radical (unpaired) electrons. The Balaban J connectivity index is 2.57. The molecule has 0 aliphatic heterocycles. The number of rotatable bonds is 5. The summed E-state index contributed by atoms with van der Waals surface area (Å²) in [5, 5.41) is 2.84. The average molecular weight is 284 g/mol. The molecule has 0 aromatic carbocycles. The molecule has 7 heteroatoms. The van der Waals surface area contributed by atoms with Gasteiger partial charge in [-0.25, -0.2) is 0 Å². The van der Waals surface area contributed by atoms with Crippen LogP contribution in [0.4, 0.5) is 13.2 Å². The van der Waals surface area contributed by atoms with Gasteiger partial charge >= 0.3 is 12.1 Å². The Morgan fingerprint density at radius 3 is 2.76 bits per heavy atom. The second-order valence-electron chi connectivity index (χ2n) is 3.20. The zero-order chi connectivity index (χ0) is 12.9. The number of methoxy groups -OCH3 is 1. The van der Waals surface area contributed by atoms with E-state index in [0.717, 1.165) is 11.8 Å². The first kappa shape index (κ1) is 14.4. The summed E-state index contributed by atoms with van der Waals surface area (Å²) in [6.07, 6.45) is -5.10. The molecule has 0 spiro atoms. The molecule has 0 bridgehead atoms. The number of esters is 1. The van der Waals surface area contributed by atoms with E-state index < -0.39 is 23.8 Å². The Bertz CT molecular complexity index is 349. The van der Waals surface area contributed by atoms with Crippen LogP contribution >= 0.6 is 23.1 Å². The maximum absolute atomic E-state index is 12.0. The van der Waals surface area contributed by atoms with Crippen molar-refractivity contribution in [1.29, 1.82) is 0 Å². The second kappa shape index (κ2) is 6.30. The van der Waals surface area contributed by atoms with Crippen LogP contribution in [0, 0.1) is 0 Å². The van der Waals surface area contributed by atoms with Gasteiger partial charge in [0.25, 0.3) is 0 Å². The number of hydrogen-bond acceptors (Lipinski definition) is 4. The largest absolute Gasteiger partial charge is 0.468 e. The van der Waals surface area contributed by atoms with Crippen LogP contribution in [0.15, 0.2) is 16.8 Å². The zero-order valence-corrected chi connectivity index (χ0v) is 10.6. The summed E-state index contributed by atoms with van der Waals surface area (Å²) < 4.78 is 40.6. The third kappa shape index (κ3) is 4.99. The van der Waals surface area contributed by atoms with Crippen molar-refractivity contribution < 1.29 is 22.7 Å². The van der Waals surface area contributed by atoms with Crippen molar-refractivity contribution in [2.24, 2.45) is 0 Å². The summed E-state index contributed by atoms with van der Waals surface area (Å²) >= 11 is 2.34. The Labute approximate surface area is 105 Å². The fourth-order valence-corrected chi connectivity index (χ4v) is 3.05.